The minimum atomic E-state index is -0.460. The van der Waals surface area contributed by atoms with Crippen molar-refractivity contribution >= 4 is 11.4 Å². The molecule has 23 heavy (non-hydrogen) atoms. The Bertz CT molecular complexity index is 495. The topological polar surface area (TPSA) is 65.2 Å². The van der Waals surface area contributed by atoms with Crippen LogP contribution in [0.2, 0.25) is 0 Å². The van der Waals surface area contributed by atoms with Crippen LogP contribution in [0.15, 0.2) is 32.6 Å². The van der Waals surface area contributed by atoms with E-state index in [1.807, 2.05) is 55.4 Å². The summed E-state index contributed by atoms with van der Waals surface area (Å²) in [6, 6.07) is 0. The normalized spacial score (nSPS) is 16.4. The van der Waals surface area contributed by atoms with Crippen molar-refractivity contribution < 1.29 is 27.0 Å². The third-order valence-corrected chi connectivity index (χ3v) is 4.56. The van der Waals surface area contributed by atoms with Gasteiger partial charge in [0.05, 0.1) is 22.6 Å². The van der Waals surface area contributed by atoms with Gasteiger partial charge in [0.1, 0.15) is 0 Å². The van der Waals surface area contributed by atoms with Gasteiger partial charge in [0.2, 0.25) is 0 Å². The van der Waals surface area contributed by atoms with Crippen LogP contribution in [0.3, 0.4) is 0 Å². The number of hydrogen-bond acceptors (Lipinski definition) is 4. The first-order valence-corrected chi connectivity index (χ1v) is 7.59. The Morgan fingerprint density at radius 2 is 0.826 bits per heavy atom. The molecule has 0 aromatic rings. The molecule has 0 fully saturated rings. The molecule has 0 saturated heterocycles. The molecule has 0 spiro atoms. The molecule has 0 aliphatic rings. The number of aliphatic imine (C=N–C) groups is 2. The van der Waals surface area contributed by atoms with Gasteiger partial charge in [0, 0.05) is 39.3 Å². The summed E-state index contributed by atoms with van der Waals surface area (Å²) in [5.41, 5.74) is 2.25. The van der Waals surface area contributed by atoms with Crippen LogP contribution in [0.5, 0.6) is 0 Å². The van der Waals surface area contributed by atoms with Crippen LogP contribution in [0.4, 0.5) is 0 Å². The van der Waals surface area contributed by atoms with Gasteiger partial charge in [-0.05, 0) is 69.2 Å². The smallest absolute Gasteiger partial charge is 0.0938 e. The van der Waals surface area contributed by atoms with Crippen LogP contribution in [-0.4, -0.2) is 32.7 Å². The Morgan fingerprint density at radius 3 is 1.00 bits per heavy atom. The van der Waals surface area contributed by atoms with E-state index < -0.39 is 11.1 Å². The third kappa shape index (κ3) is 6.51. The summed E-state index contributed by atoms with van der Waals surface area (Å²) in [7, 11) is 0. The summed E-state index contributed by atoms with van der Waals surface area (Å²) in [6.45, 7) is 18.9. The van der Waals surface area contributed by atoms with Crippen LogP contribution in [0, 0.1) is 0 Å². The van der Waals surface area contributed by atoms with Crippen molar-refractivity contribution in [3.63, 3.8) is 0 Å². The van der Waals surface area contributed by atoms with E-state index in [9.17, 15) is 10.2 Å². The van der Waals surface area contributed by atoms with Gasteiger partial charge >= 0.3 is 0 Å². The average Bonchev–Trinajstić information content (AvgIpc) is 2.34. The van der Waals surface area contributed by atoms with Gasteiger partial charge in [-0.2, -0.15) is 0 Å². The number of hydrogen-bond donors (Lipinski definition) is 2. The quantitative estimate of drug-likeness (QED) is 0.520. The van der Waals surface area contributed by atoms with Gasteiger partial charge in [-0.15, -0.1) is 0 Å². The van der Waals surface area contributed by atoms with E-state index in [-0.39, 0.29) is 28.3 Å². The molecule has 4 nitrogen and oxygen atoms in total. The van der Waals surface area contributed by atoms with Gasteiger partial charge in [0.25, 0.3) is 0 Å². The van der Waals surface area contributed by atoms with Gasteiger partial charge in [0.15, 0.2) is 0 Å². The van der Waals surface area contributed by atoms with Crippen LogP contribution in [0.25, 0.3) is 0 Å². The number of aliphatic hydroxyl groups is 2. The number of allylic oxidation sites excluding steroid dienone is 4. The first-order chi connectivity index (χ1) is 9.73. The molecule has 0 bridgehead atoms. The summed E-state index contributed by atoms with van der Waals surface area (Å²) in [4.78, 5) is 9.54. The van der Waals surface area contributed by atoms with E-state index in [1.54, 1.807) is 13.8 Å². The fourth-order valence-corrected chi connectivity index (χ4v) is 1.80. The first kappa shape index (κ1) is 24.2. The number of nitrogens with zero attached hydrogens (tertiary/aromatic N) is 2. The van der Waals surface area contributed by atoms with E-state index in [0.717, 1.165) is 22.6 Å². The van der Waals surface area contributed by atoms with Crippen LogP contribution < -0.4 is 0 Å². The molecule has 0 heterocycles. The van der Waals surface area contributed by atoms with Crippen molar-refractivity contribution in [1.82, 2.24) is 0 Å². The Kier molecular flexibility index (Phi) is 9.13. The molecule has 0 aromatic heterocycles. The Morgan fingerprint density at radius 1 is 0.609 bits per heavy atom. The molecule has 2 N–H and O–H groups in total. The van der Waals surface area contributed by atoms with Crippen LogP contribution in [0.1, 0.15) is 69.2 Å². The summed E-state index contributed by atoms with van der Waals surface area (Å²) in [5, 5.41) is 19.2. The minimum Gasteiger partial charge on any atom is -0.512 e. The summed E-state index contributed by atoms with van der Waals surface area (Å²) in [5.74, 6) is 0.563. The average molecular weight is 367 g/mol. The molecule has 0 saturated carbocycles. The maximum atomic E-state index is 9.61. The Labute approximate surface area is 151 Å². The summed E-state index contributed by atoms with van der Waals surface area (Å²) in [6.07, 6.45) is 0. The maximum absolute atomic E-state index is 9.61. The molecule has 135 valence electrons. The number of aliphatic hydroxyl groups excluding tert-OH is 2. The van der Waals surface area contributed by atoms with Gasteiger partial charge < -0.3 is 10.2 Å². The summed E-state index contributed by atoms with van der Waals surface area (Å²) < 4.78 is 0. The predicted molar refractivity (Wildman–Crippen MR) is 96.4 cm³/mol. The molecule has 5 heteroatoms. The maximum Gasteiger partial charge on any atom is 0.0938 e. The predicted octanol–water partition coefficient (Wildman–Crippen LogP) is 5.17. The third-order valence-electron chi connectivity index (χ3n) is 4.56. The standard InChI is InChI=1S/C18H32N2O2.Co/c1-11(15(5)21)13(3)19-17(7,8)18(9,10)20-14(4)12(2)16(6)22;/h21-22H,1-10H3;/b15-11-,16-12-,19-13?,20-14?;. The second-order valence-electron chi connectivity index (χ2n) is 6.93. The minimum absolute atomic E-state index is 0. The van der Waals surface area contributed by atoms with Crippen molar-refractivity contribution in [1.29, 1.82) is 0 Å². The van der Waals surface area contributed by atoms with Gasteiger partial charge in [-0.1, -0.05) is 0 Å². The zero-order chi connectivity index (χ0) is 17.9. The zero-order valence-electron chi connectivity index (χ0n) is 16.1. The molecule has 0 rings (SSSR count). The van der Waals surface area contributed by atoms with E-state index in [4.69, 9.17) is 9.98 Å². The van der Waals surface area contributed by atoms with Crippen molar-refractivity contribution in [2.24, 2.45) is 9.98 Å². The van der Waals surface area contributed by atoms with Gasteiger partial charge in [-0.3, -0.25) is 9.98 Å². The van der Waals surface area contributed by atoms with Crippen LogP contribution >= 0.6 is 0 Å². The second-order valence-corrected chi connectivity index (χ2v) is 6.93. The van der Waals surface area contributed by atoms with Crippen molar-refractivity contribution in [2.45, 2.75) is 80.3 Å². The molecule has 0 aliphatic heterocycles. The fraction of sp³-hybridized carbons (Fsp3) is 0.667. The molecule has 0 aromatic carbocycles. The largest absolute Gasteiger partial charge is 0.512 e. The monoisotopic (exact) mass is 367 g/mol. The molecule has 0 unspecified atom stereocenters. The van der Waals surface area contributed by atoms with Crippen molar-refractivity contribution in [3.8, 4) is 0 Å². The Balaban J connectivity index is 0. The van der Waals surface area contributed by atoms with E-state index in [1.165, 1.54) is 0 Å². The van der Waals surface area contributed by atoms with Crippen LogP contribution in [-0.2, 0) is 16.8 Å². The fourth-order valence-electron chi connectivity index (χ4n) is 1.80. The summed E-state index contributed by atoms with van der Waals surface area (Å²) >= 11 is 0. The molecule has 0 atom stereocenters. The molecular weight excluding hydrogens is 335 g/mol. The number of rotatable bonds is 5. The first-order valence-electron chi connectivity index (χ1n) is 7.59. The van der Waals surface area contributed by atoms with Crippen molar-refractivity contribution in [2.75, 3.05) is 0 Å². The van der Waals surface area contributed by atoms with Crippen molar-refractivity contribution in [3.05, 3.63) is 22.7 Å². The van der Waals surface area contributed by atoms with Gasteiger partial charge in [-0.25, -0.2) is 0 Å². The second kappa shape index (κ2) is 8.69. The molecule has 1 radical (unpaired) electrons. The van der Waals surface area contributed by atoms with E-state index in [2.05, 4.69) is 0 Å². The molecular formula is C18H32CoN2O2. The van der Waals surface area contributed by atoms with E-state index >= 15 is 0 Å². The van der Waals surface area contributed by atoms with E-state index in [0.29, 0.717) is 0 Å². The molecule has 0 aliphatic carbocycles. The Hall–Kier alpha value is -1.07. The SMILES string of the molecule is CC(=NC(C)(C)C(C)(C)N=C(C)/C(C)=C(/C)O)/C(C)=C(/C)O.[Co]. The zero-order valence-corrected chi connectivity index (χ0v) is 17.2. The molecule has 0 amide bonds.